The third-order valence-corrected chi connectivity index (χ3v) is 6.28. The van der Waals surface area contributed by atoms with E-state index in [2.05, 4.69) is 4.72 Å². The Kier molecular flexibility index (Phi) is 5.38. The lowest BCUT2D eigenvalue weighted by Gasteiger charge is -2.21. The van der Waals surface area contributed by atoms with Gasteiger partial charge in [0.1, 0.15) is 0 Å². The average molecular weight is 302 g/mol. The van der Waals surface area contributed by atoms with Crippen LogP contribution >= 0.6 is 11.3 Å². The summed E-state index contributed by atoms with van der Waals surface area (Å²) in [5.41, 5.74) is 5.59. The maximum absolute atomic E-state index is 12.4. The van der Waals surface area contributed by atoms with Crippen LogP contribution in [0.1, 0.15) is 49.8 Å². The van der Waals surface area contributed by atoms with Crippen molar-refractivity contribution in [2.45, 2.75) is 62.4 Å². The lowest BCUT2D eigenvalue weighted by Crippen LogP contribution is -2.35. The average Bonchev–Trinajstić information content (AvgIpc) is 2.81. The first-order valence-corrected chi connectivity index (χ1v) is 9.28. The van der Waals surface area contributed by atoms with Crippen LogP contribution in [-0.4, -0.2) is 14.5 Å². The number of hydrogen-bond donors (Lipinski definition) is 2. The molecule has 108 valence electrons. The molecular weight excluding hydrogens is 280 g/mol. The van der Waals surface area contributed by atoms with Crippen LogP contribution in [-0.2, 0) is 16.6 Å². The van der Waals surface area contributed by atoms with Gasteiger partial charge in [0.25, 0.3) is 0 Å². The summed E-state index contributed by atoms with van der Waals surface area (Å²) >= 11 is 1.40. The van der Waals surface area contributed by atoms with E-state index in [0.717, 1.165) is 30.6 Å². The summed E-state index contributed by atoms with van der Waals surface area (Å²) in [6, 6.07) is 1.73. The summed E-state index contributed by atoms with van der Waals surface area (Å²) in [6.07, 6.45) is 7.82. The number of nitrogens with one attached hydrogen (secondary N) is 1. The molecule has 2 rings (SSSR count). The highest BCUT2D eigenvalue weighted by Gasteiger charge is 2.23. The molecule has 0 atom stereocenters. The van der Waals surface area contributed by atoms with Gasteiger partial charge >= 0.3 is 0 Å². The topological polar surface area (TPSA) is 72.2 Å². The second-order valence-electron chi connectivity index (χ2n) is 5.08. The van der Waals surface area contributed by atoms with E-state index >= 15 is 0 Å². The van der Waals surface area contributed by atoms with Crippen molar-refractivity contribution in [3.8, 4) is 0 Å². The van der Waals surface area contributed by atoms with E-state index in [1.807, 2.05) is 0 Å². The van der Waals surface area contributed by atoms with Gasteiger partial charge in [0.2, 0.25) is 10.0 Å². The monoisotopic (exact) mass is 302 g/mol. The van der Waals surface area contributed by atoms with Gasteiger partial charge in [-0.25, -0.2) is 13.1 Å². The Hall–Kier alpha value is -0.430. The van der Waals surface area contributed by atoms with E-state index in [-0.39, 0.29) is 12.6 Å². The van der Waals surface area contributed by atoms with Crippen LogP contribution < -0.4 is 10.5 Å². The van der Waals surface area contributed by atoms with Gasteiger partial charge in [-0.05, 0) is 24.3 Å². The van der Waals surface area contributed by atoms with Crippen LogP contribution in [0.4, 0.5) is 0 Å². The molecule has 1 aromatic rings. The highest BCUT2D eigenvalue weighted by atomic mass is 32.2. The highest BCUT2D eigenvalue weighted by molar-refractivity contribution is 7.89. The fraction of sp³-hybridized carbons (Fsp3) is 0.692. The number of rotatable bonds is 4. The van der Waals surface area contributed by atoms with Crippen LogP contribution in [0.5, 0.6) is 0 Å². The summed E-state index contributed by atoms with van der Waals surface area (Å²) in [5, 5.41) is 1.79. The highest BCUT2D eigenvalue weighted by Crippen LogP contribution is 2.23. The van der Waals surface area contributed by atoms with Gasteiger partial charge in [-0.3, -0.25) is 0 Å². The molecule has 3 N–H and O–H groups in total. The Labute approximate surface area is 119 Å². The summed E-state index contributed by atoms with van der Waals surface area (Å²) < 4.78 is 27.6. The standard InChI is InChI=1S/C13H22N2O2S2/c14-10-12-13(8-9-18-12)19(16,17)15-11-6-4-2-1-3-5-7-11/h8-9,11,15H,1-7,10,14H2. The van der Waals surface area contributed by atoms with E-state index in [9.17, 15) is 8.42 Å². The lowest BCUT2D eigenvalue weighted by atomic mass is 9.97. The van der Waals surface area contributed by atoms with Crippen LogP contribution in [0.2, 0.25) is 0 Å². The lowest BCUT2D eigenvalue weighted by molar-refractivity contribution is 0.426. The Morgan fingerprint density at radius 3 is 2.47 bits per heavy atom. The van der Waals surface area contributed by atoms with Crippen LogP contribution in [0.15, 0.2) is 16.3 Å². The quantitative estimate of drug-likeness (QED) is 0.898. The molecule has 1 heterocycles. The molecule has 1 saturated carbocycles. The molecule has 1 aliphatic rings. The molecule has 1 aromatic heterocycles. The maximum atomic E-state index is 12.4. The van der Waals surface area contributed by atoms with Crippen molar-refractivity contribution in [3.05, 3.63) is 16.3 Å². The van der Waals surface area contributed by atoms with Crippen molar-refractivity contribution in [2.24, 2.45) is 5.73 Å². The maximum Gasteiger partial charge on any atom is 0.241 e. The summed E-state index contributed by atoms with van der Waals surface area (Å²) in [6.45, 7) is 0.276. The van der Waals surface area contributed by atoms with Crippen molar-refractivity contribution in [3.63, 3.8) is 0 Å². The van der Waals surface area contributed by atoms with Gasteiger partial charge in [-0.1, -0.05) is 32.1 Å². The Morgan fingerprint density at radius 2 is 1.84 bits per heavy atom. The molecule has 1 fully saturated rings. The van der Waals surface area contributed by atoms with Crippen LogP contribution in [0.3, 0.4) is 0 Å². The Bertz CT molecular complexity index is 488. The van der Waals surface area contributed by atoms with Gasteiger partial charge in [-0.2, -0.15) is 0 Å². The fourth-order valence-corrected chi connectivity index (χ4v) is 5.21. The first kappa shape index (κ1) is 15.0. The zero-order valence-corrected chi connectivity index (χ0v) is 12.7. The summed E-state index contributed by atoms with van der Waals surface area (Å²) in [7, 11) is -3.41. The summed E-state index contributed by atoms with van der Waals surface area (Å²) in [5.74, 6) is 0. The number of hydrogen-bond acceptors (Lipinski definition) is 4. The SMILES string of the molecule is NCc1sccc1S(=O)(=O)NC1CCCCCCC1. The van der Waals surface area contributed by atoms with Crippen molar-refractivity contribution < 1.29 is 8.42 Å². The zero-order chi connectivity index (χ0) is 13.7. The fourth-order valence-electron chi connectivity index (χ4n) is 2.57. The van der Waals surface area contributed by atoms with Gasteiger partial charge < -0.3 is 5.73 Å². The molecule has 0 spiro atoms. The third-order valence-electron chi connectivity index (χ3n) is 3.61. The summed E-state index contributed by atoms with van der Waals surface area (Å²) in [4.78, 5) is 1.10. The van der Waals surface area contributed by atoms with E-state index in [1.54, 1.807) is 11.4 Å². The minimum Gasteiger partial charge on any atom is -0.326 e. The van der Waals surface area contributed by atoms with Gasteiger partial charge in [0.15, 0.2) is 0 Å². The van der Waals surface area contributed by atoms with Crippen molar-refractivity contribution in [2.75, 3.05) is 0 Å². The number of sulfonamides is 1. The van der Waals surface area contributed by atoms with E-state index in [0.29, 0.717) is 4.90 Å². The second kappa shape index (κ2) is 6.83. The van der Waals surface area contributed by atoms with Crippen molar-refractivity contribution >= 4 is 21.4 Å². The molecule has 0 amide bonds. The minimum absolute atomic E-state index is 0.0795. The van der Waals surface area contributed by atoms with Crippen molar-refractivity contribution in [1.82, 2.24) is 4.72 Å². The molecule has 6 heteroatoms. The second-order valence-corrected chi connectivity index (χ2v) is 7.76. The smallest absolute Gasteiger partial charge is 0.241 e. The molecule has 19 heavy (non-hydrogen) atoms. The minimum atomic E-state index is -3.41. The molecular formula is C13H22N2O2S2. The number of nitrogens with two attached hydrogens (primary N) is 1. The van der Waals surface area contributed by atoms with E-state index in [4.69, 9.17) is 5.73 Å². The van der Waals surface area contributed by atoms with Crippen LogP contribution in [0, 0.1) is 0 Å². The molecule has 0 unspecified atom stereocenters. The Morgan fingerprint density at radius 1 is 1.21 bits per heavy atom. The molecule has 0 radical (unpaired) electrons. The predicted octanol–water partition coefficient (Wildman–Crippen LogP) is 2.60. The Balaban J connectivity index is 2.07. The van der Waals surface area contributed by atoms with E-state index < -0.39 is 10.0 Å². The van der Waals surface area contributed by atoms with Gasteiger partial charge in [0, 0.05) is 17.5 Å². The zero-order valence-electron chi connectivity index (χ0n) is 11.1. The van der Waals surface area contributed by atoms with Gasteiger partial charge in [0.05, 0.1) is 4.90 Å². The van der Waals surface area contributed by atoms with E-state index in [1.165, 1.54) is 30.6 Å². The predicted molar refractivity (Wildman–Crippen MR) is 78.6 cm³/mol. The van der Waals surface area contributed by atoms with Gasteiger partial charge in [-0.15, -0.1) is 11.3 Å². The molecule has 4 nitrogen and oxygen atoms in total. The van der Waals surface area contributed by atoms with Crippen molar-refractivity contribution in [1.29, 1.82) is 0 Å². The normalized spacial score (nSPS) is 19.0. The molecule has 0 aliphatic heterocycles. The number of thiophene rings is 1. The molecule has 0 bridgehead atoms. The first-order chi connectivity index (χ1) is 9.13. The third kappa shape index (κ3) is 4.02. The molecule has 0 aromatic carbocycles. The molecule has 0 saturated heterocycles. The molecule has 1 aliphatic carbocycles. The largest absolute Gasteiger partial charge is 0.326 e. The van der Waals surface area contributed by atoms with Crippen LogP contribution in [0.25, 0.3) is 0 Å². The first-order valence-electron chi connectivity index (χ1n) is 6.92.